The van der Waals surface area contributed by atoms with Gasteiger partial charge in [-0.15, -0.1) is 0 Å². The quantitative estimate of drug-likeness (QED) is 0.484. The van der Waals surface area contributed by atoms with Crippen LogP contribution in [-0.4, -0.2) is 10.8 Å². The number of hydrogen-bond acceptors (Lipinski definition) is 4. The van der Waals surface area contributed by atoms with E-state index in [1.807, 2.05) is 65.6 Å². The third-order valence-electron chi connectivity index (χ3n) is 4.31. The van der Waals surface area contributed by atoms with Crippen LogP contribution in [0.15, 0.2) is 95.8 Å². The molecule has 0 atom stereocenters. The monoisotopic (exact) mass is 416 g/mol. The molecule has 0 N–H and O–H groups in total. The van der Waals surface area contributed by atoms with Gasteiger partial charge in [-0.1, -0.05) is 41.4 Å². The van der Waals surface area contributed by atoms with Gasteiger partial charge in [0.15, 0.2) is 5.84 Å². The highest BCUT2D eigenvalue weighted by atomic mass is 35.5. The molecule has 0 aliphatic carbocycles. The predicted molar refractivity (Wildman–Crippen MR) is 118 cm³/mol. The molecule has 6 heteroatoms. The lowest BCUT2D eigenvalue weighted by atomic mass is 10.1. The fourth-order valence-corrected chi connectivity index (χ4v) is 3.24. The van der Waals surface area contributed by atoms with Crippen LogP contribution in [0, 0.1) is 11.3 Å². The lowest BCUT2D eigenvalue weighted by Gasteiger charge is -2.30. The SMILES string of the molecule is N#C/C=C1\C=C(c2ccc(Cl)cc2)N=C(c2ccccn2)N1c1ccc(Cl)cc1. The normalized spacial score (nSPS) is 14.9. The van der Waals surface area contributed by atoms with Gasteiger partial charge in [0, 0.05) is 33.6 Å². The Balaban J connectivity index is 1.91. The van der Waals surface area contributed by atoms with Crippen molar-refractivity contribution in [2.75, 3.05) is 4.90 Å². The van der Waals surface area contributed by atoms with E-state index in [1.165, 1.54) is 6.08 Å². The highest BCUT2D eigenvalue weighted by molar-refractivity contribution is 6.31. The molecule has 1 aliphatic heterocycles. The van der Waals surface area contributed by atoms with Gasteiger partial charge < -0.3 is 0 Å². The molecule has 140 valence electrons. The molecule has 0 bridgehead atoms. The number of allylic oxidation sites excluding steroid dienone is 2. The second kappa shape index (κ2) is 8.32. The molecule has 29 heavy (non-hydrogen) atoms. The van der Waals surface area contributed by atoms with Crippen LogP contribution in [0.1, 0.15) is 11.3 Å². The van der Waals surface area contributed by atoms with Crippen molar-refractivity contribution >= 4 is 40.4 Å². The van der Waals surface area contributed by atoms with E-state index >= 15 is 0 Å². The highest BCUT2D eigenvalue weighted by Crippen LogP contribution is 2.32. The highest BCUT2D eigenvalue weighted by Gasteiger charge is 2.25. The van der Waals surface area contributed by atoms with E-state index < -0.39 is 0 Å². The Morgan fingerprint density at radius 1 is 0.897 bits per heavy atom. The first-order valence-corrected chi connectivity index (χ1v) is 9.54. The summed E-state index contributed by atoms with van der Waals surface area (Å²) in [5.74, 6) is 0.613. The number of nitrogens with zero attached hydrogens (tertiary/aromatic N) is 4. The summed E-state index contributed by atoms with van der Waals surface area (Å²) in [5.41, 5.74) is 3.80. The van der Waals surface area contributed by atoms with Crippen LogP contribution in [-0.2, 0) is 0 Å². The first-order chi connectivity index (χ1) is 14.2. The lowest BCUT2D eigenvalue weighted by molar-refractivity contribution is 1.17. The summed E-state index contributed by atoms with van der Waals surface area (Å²) in [6, 6.07) is 22.6. The summed E-state index contributed by atoms with van der Waals surface area (Å²) in [4.78, 5) is 11.2. The molecule has 3 aromatic rings. The standard InChI is InChI=1S/C23H14Cl2N4/c24-17-6-4-16(5-7-17)22-15-20(12-13-26)29(19-10-8-18(25)9-11-19)23(28-22)21-3-1-2-14-27-21/h1-12,14-15H/b20-12+. The van der Waals surface area contributed by atoms with Gasteiger partial charge in [0.2, 0.25) is 0 Å². The lowest BCUT2D eigenvalue weighted by Crippen LogP contribution is -2.33. The fraction of sp³-hybridized carbons (Fsp3) is 0. The summed E-state index contributed by atoms with van der Waals surface area (Å²) in [5, 5.41) is 10.7. The number of benzene rings is 2. The Labute approximate surface area is 178 Å². The molecule has 2 heterocycles. The fourth-order valence-electron chi connectivity index (χ4n) is 2.99. The number of hydrogen-bond donors (Lipinski definition) is 0. The van der Waals surface area contributed by atoms with Gasteiger partial charge in [-0.05, 0) is 54.6 Å². The molecule has 1 aliphatic rings. The van der Waals surface area contributed by atoms with Crippen molar-refractivity contribution in [2.24, 2.45) is 4.99 Å². The van der Waals surface area contributed by atoms with E-state index in [-0.39, 0.29) is 0 Å². The largest absolute Gasteiger partial charge is 0.292 e. The molecule has 0 saturated carbocycles. The summed E-state index contributed by atoms with van der Waals surface area (Å²) >= 11 is 12.1. The Morgan fingerprint density at radius 2 is 1.59 bits per heavy atom. The van der Waals surface area contributed by atoms with Crippen molar-refractivity contribution in [3.63, 3.8) is 0 Å². The van der Waals surface area contributed by atoms with Gasteiger partial charge in [0.1, 0.15) is 5.69 Å². The third-order valence-corrected chi connectivity index (χ3v) is 4.82. The maximum Gasteiger partial charge on any atom is 0.164 e. The number of rotatable bonds is 3. The van der Waals surface area contributed by atoms with Crippen molar-refractivity contribution < 1.29 is 0 Å². The van der Waals surface area contributed by atoms with Crippen LogP contribution in [0.2, 0.25) is 10.0 Å². The van der Waals surface area contributed by atoms with Gasteiger partial charge in [0.25, 0.3) is 0 Å². The number of aromatic nitrogens is 1. The zero-order valence-corrected chi connectivity index (χ0v) is 16.6. The second-order valence-electron chi connectivity index (χ2n) is 6.20. The Kier molecular flexibility index (Phi) is 5.44. The number of pyridine rings is 1. The minimum Gasteiger partial charge on any atom is -0.292 e. The van der Waals surface area contributed by atoms with Gasteiger partial charge >= 0.3 is 0 Å². The summed E-state index contributed by atoms with van der Waals surface area (Å²) in [6.45, 7) is 0. The van der Waals surface area contributed by atoms with Crippen LogP contribution in [0.3, 0.4) is 0 Å². The number of anilines is 1. The van der Waals surface area contributed by atoms with E-state index in [0.717, 1.165) is 11.3 Å². The number of amidine groups is 1. The average molecular weight is 417 g/mol. The Hall–Kier alpha value is -3.39. The summed E-state index contributed by atoms with van der Waals surface area (Å²) in [6.07, 6.45) is 5.07. The van der Waals surface area contributed by atoms with E-state index in [4.69, 9.17) is 28.2 Å². The second-order valence-corrected chi connectivity index (χ2v) is 7.07. The molecule has 1 aromatic heterocycles. The number of halogens is 2. The van der Waals surface area contributed by atoms with Crippen LogP contribution in [0.25, 0.3) is 5.70 Å². The molecule has 0 radical (unpaired) electrons. The minimum absolute atomic E-state index is 0.613. The van der Waals surface area contributed by atoms with Crippen LogP contribution in [0.4, 0.5) is 5.69 Å². The zero-order valence-electron chi connectivity index (χ0n) is 15.1. The van der Waals surface area contributed by atoms with Crippen LogP contribution in [0.5, 0.6) is 0 Å². The first-order valence-electron chi connectivity index (χ1n) is 8.79. The molecular weight excluding hydrogens is 403 g/mol. The molecule has 0 amide bonds. The third kappa shape index (κ3) is 4.07. The van der Waals surface area contributed by atoms with Crippen molar-refractivity contribution in [1.29, 1.82) is 5.26 Å². The van der Waals surface area contributed by atoms with Gasteiger partial charge in [-0.3, -0.25) is 9.88 Å². The van der Waals surface area contributed by atoms with Crippen molar-refractivity contribution in [3.05, 3.63) is 112 Å². The number of aliphatic imine (C=N–C) groups is 1. The van der Waals surface area contributed by atoms with E-state index in [9.17, 15) is 5.26 Å². The van der Waals surface area contributed by atoms with Gasteiger partial charge in [-0.2, -0.15) is 5.26 Å². The maximum absolute atomic E-state index is 9.40. The van der Waals surface area contributed by atoms with Gasteiger partial charge in [-0.25, -0.2) is 4.99 Å². The molecular formula is C23H14Cl2N4. The van der Waals surface area contributed by atoms with Crippen molar-refractivity contribution in [2.45, 2.75) is 0 Å². The smallest absolute Gasteiger partial charge is 0.164 e. The Morgan fingerprint density at radius 3 is 2.21 bits per heavy atom. The topological polar surface area (TPSA) is 52.3 Å². The zero-order chi connectivity index (χ0) is 20.2. The molecule has 0 saturated heterocycles. The van der Waals surface area contributed by atoms with E-state index in [2.05, 4.69) is 11.1 Å². The molecule has 4 nitrogen and oxygen atoms in total. The predicted octanol–water partition coefficient (Wildman–Crippen LogP) is 6.10. The van der Waals surface area contributed by atoms with Crippen LogP contribution >= 0.6 is 23.2 Å². The number of nitriles is 1. The van der Waals surface area contributed by atoms with Crippen molar-refractivity contribution in [1.82, 2.24) is 4.98 Å². The molecule has 4 rings (SSSR count). The van der Waals surface area contributed by atoms with E-state index in [1.54, 1.807) is 18.3 Å². The maximum atomic E-state index is 9.40. The van der Waals surface area contributed by atoms with E-state index in [0.29, 0.717) is 33.0 Å². The molecule has 0 fully saturated rings. The minimum atomic E-state index is 0.613. The van der Waals surface area contributed by atoms with Crippen LogP contribution < -0.4 is 4.90 Å². The average Bonchev–Trinajstić information content (AvgIpc) is 2.75. The molecule has 0 spiro atoms. The first kappa shape index (κ1) is 18.9. The summed E-state index contributed by atoms with van der Waals surface area (Å²) < 4.78 is 0. The molecule has 0 unspecified atom stereocenters. The summed E-state index contributed by atoms with van der Waals surface area (Å²) in [7, 11) is 0. The molecule has 2 aromatic carbocycles. The van der Waals surface area contributed by atoms with Gasteiger partial charge in [0.05, 0.1) is 17.5 Å². The Bertz CT molecular complexity index is 1160. The van der Waals surface area contributed by atoms with Crippen molar-refractivity contribution in [3.8, 4) is 6.07 Å².